The summed E-state index contributed by atoms with van der Waals surface area (Å²) in [7, 11) is 0. The summed E-state index contributed by atoms with van der Waals surface area (Å²) in [5.41, 5.74) is 0. The molecular weight excluding hydrogens is 506 g/mol. The first kappa shape index (κ1) is 38.1. The third-order valence-corrected chi connectivity index (χ3v) is 8.52. The van der Waals surface area contributed by atoms with Crippen LogP contribution in [0.2, 0.25) is 0 Å². The Labute approximate surface area is 245 Å². The molecule has 0 saturated carbocycles. The van der Waals surface area contributed by atoms with Crippen LogP contribution >= 0.6 is 0 Å². The van der Waals surface area contributed by atoms with Crippen molar-refractivity contribution in [2.24, 2.45) is 17.8 Å². The molecule has 0 aromatic rings. The first-order valence-corrected chi connectivity index (χ1v) is 16.2. The van der Waals surface area contributed by atoms with Gasteiger partial charge in [0, 0.05) is 19.3 Å². The normalized spacial score (nSPS) is 15.5. The average molecular weight is 569 g/mol. The van der Waals surface area contributed by atoms with Crippen LogP contribution < -0.4 is 0 Å². The van der Waals surface area contributed by atoms with Gasteiger partial charge in [-0.1, -0.05) is 91.2 Å². The molecule has 7 heteroatoms. The van der Waals surface area contributed by atoms with Gasteiger partial charge < -0.3 is 19.8 Å². The molecule has 0 aromatic heterocycles. The summed E-state index contributed by atoms with van der Waals surface area (Å²) in [5.74, 6) is -3.91. The van der Waals surface area contributed by atoms with Crippen molar-refractivity contribution in [3.05, 3.63) is 12.2 Å². The lowest BCUT2D eigenvalue weighted by Gasteiger charge is -2.40. The highest BCUT2D eigenvalue weighted by Gasteiger charge is 2.31. The molecule has 3 N–H and O–H groups in total. The maximum Gasteiger partial charge on any atom is 0.306 e. The Balaban J connectivity index is 4.64. The van der Waals surface area contributed by atoms with Crippen LogP contribution in [0.1, 0.15) is 137 Å². The van der Waals surface area contributed by atoms with E-state index in [1.807, 2.05) is 0 Å². The molecule has 3 unspecified atom stereocenters. The highest BCUT2D eigenvalue weighted by atomic mass is 16.4. The third kappa shape index (κ3) is 20.1. The van der Waals surface area contributed by atoms with E-state index in [-0.39, 0.29) is 0 Å². The molecule has 7 nitrogen and oxygen atoms in total. The molecule has 0 saturated heterocycles. The minimum absolute atomic E-state index is 0.479. The number of hydrogen-bond acceptors (Lipinski definition) is 3. The van der Waals surface area contributed by atoms with E-state index in [2.05, 4.69) is 19.1 Å². The van der Waals surface area contributed by atoms with Crippen LogP contribution in [-0.4, -0.2) is 63.9 Å². The molecular formula is C33H62NO6+. The number of aliphatic carboxylic acids is 3. The SMILES string of the molecule is CCCCC/C=C/CCCCCCCCCCC[N+](CCC(C)C(=O)O)(CCC(C)C(=O)O)CCC(C)C(=O)O. The summed E-state index contributed by atoms with van der Waals surface area (Å²) in [6, 6.07) is 0. The number of nitrogens with zero attached hydrogens (tertiary/aromatic N) is 1. The summed E-state index contributed by atoms with van der Waals surface area (Å²) in [4.78, 5) is 34.4. The van der Waals surface area contributed by atoms with Gasteiger partial charge in [0.15, 0.2) is 0 Å². The van der Waals surface area contributed by atoms with Crippen LogP contribution in [0.4, 0.5) is 0 Å². The second kappa shape index (κ2) is 23.8. The van der Waals surface area contributed by atoms with Crippen LogP contribution in [0.3, 0.4) is 0 Å². The molecule has 0 aliphatic rings. The number of carboxylic acids is 3. The molecule has 0 aliphatic carbocycles. The maximum absolute atomic E-state index is 11.5. The van der Waals surface area contributed by atoms with E-state index in [0.29, 0.717) is 43.4 Å². The first-order valence-electron chi connectivity index (χ1n) is 16.2. The fraction of sp³-hybridized carbons (Fsp3) is 0.848. The molecule has 3 atom stereocenters. The predicted octanol–water partition coefficient (Wildman–Crippen LogP) is 8.17. The van der Waals surface area contributed by atoms with Gasteiger partial charge in [-0.05, 0) is 38.5 Å². The zero-order chi connectivity index (χ0) is 30.2. The second-order valence-corrected chi connectivity index (χ2v) is 12.3. The Kier molecular flexibility index (Phi) is 22.7. The van der Waals surface area contributed by atoms with Crippen LogP contribution in [0.5, 0.6) is 0 Å². The molecule has 0 heterocycles. The van der Waals surface area contributed by atoms with Gasteiger partial charge in [0.2, 0.25) is 0 Å². The number of rotatable bonds is 28. The van der Waals surface area contributed by atoms with E-state index < -0.39 is 35.7 Å². The quantitative estimate of drug-likeness (QED) is 0.0498. The minimum atomic E-state index is -0.824. The van der Waals surface area contributed by atoms with Crippen molar-refractivity contribution in [1.82, 2.24) is 0 Å². The first-order chi connectivity index (χ1) is 19.0. The van der Waals surface area contributed by atoms with Gasteiger partial charge in [0.05, 0.1) is 43.9 Å². The lowest BCUT2D eigenvalue weighted by atomic mass is 10.0. The van der Waals surface area contributed by atoms with E-state index in [1.54, 1.807) is 20.8 Å². The number of unbranched alkanes of at least 4 members (excludes halogenated alkanes) is 12. The van der Waals surface area contributed by atoms with E-state index in [9.17, 15) is 29.7 Å². The number of quaternary nitrogens is 1. The monoisotopic (exact) mass is 568 g/mol. The van der Waals surface area contributed by atoms with Crippen molar-refractivity contribution in [1.29, 1.82) is 0 Å². The number of hydrogen-bond donors (Lipinski definition) is 3. The summed E-state index contributed by atoms with van der Waals surface area (Å²) < 4.78 is 0.611. The average Bonchev–Trinajstić information content (AvgIpc) is 2.92. The molecule has 0 aliphatic heterocycles. The molecule has 0 amide bonds. The fourth-order valence-corrected chi connectivity index (χ4v) is 5.14. The second-order valence-electron chi connectivity index (χ2n) is 12.3. The molecule has 0 radical (unpaired) electrons. The van der Waals surface area contributed by atoms with Crippen molar-refractivity contribution >= 4 is 17.9 Å². The van der Waals surface area contributed by atoms with Gasteiger partial charge in [0.1, 0.15) is 0 Å². The van der Waals surface area contributed by atoms with Crippen molar-refractivity contribution < 1.29 is 34.2 Å². The lowest BCUT2D eigenvalue weighted by molar-refractivity contribution is -0.929. The van der Waals surface area contributed by atoms with Crippen molar-refractivity contribution in [2.45, 2.75) is 137 Å². The van der Waals surface area contributed by atoms with Crippen LogP contribution in [0.25, 0.3) is 0 Å². The van der Waals surface area contributed by atoms with Gasteiger partial charge in [-0.3, -0.25) is 14.4 Å². The van der Waals surface area contributed by atoms with Crippen molar-refractivity contribution in [2.75, 3.05) is 26.2 Å². The molecule has 0 rings (SSSR count). The van der Waals surface area contributed by atoms with E-state index in [1.165, 1.54) is 77.0 Å². The Morgan fingerprint density at radius 2 is 0.850 bits per heavy atom. The Hall–Kier alpha value is -1.89. The lowest BCUT2D eigenvalue weighted by Crippen LogP contribution is -2.52. The van der Waals surface area contributed by atoms with Crippen molar-refractivity contribution in [3.8, 4) is 0 Å². The number of allylic oxidation sites excluding steroid dienone is 2. The van der Waals surface area contributed by atoms with Gasteiger partial charge in [-0.2, -0.15) is 0 Å². The van der Waals surface area contributed by atoms with E-state index >= 15 is 0 Å². The van der Waals surface area contributed by atoms with Gasteiger partial charge in [0.25, 0.3) is 0 Å². The zero-order valence-corrected chi connectivity index (χ0v) is 26.2. The molecule has 40 heavy (non-hydrogen) atoms. The van der Waals surface area contributed by atoms with Gasteiger partial charge >= 0.3 is 17.9 Å². The van der Waals surface area contributed by atoms with Crippen LogP contribution in [-0.2, 0) is 14.4 Å². The summed E-state index contributed by atoms with van der Waals surface area (Å²) >= 11 is 0. The minimum Gasteiger partial charge on any atom is -0.481 e. The number of carbonyl (C=O) groups is 3. The molecule has 234 valence electrons. The standard InChI is InChI=1S/C33H61NO6/c1-5-6-7-8-9-10-11-12-13-14-15-16-17-18-19-20-24-34(25-21-28(2)31(35)36,26-22-29(3)32(37)38)27-23-30(4)33(39)40/h9-10,28-30H,5-8,11-27H2,1-4H3,(H2-,35,36,37,38,39,40)/p+1/b10-9+. The molecule has 0 spiro atoms. The van der Waals surface area contributed by atoms with E-state index in [4.69, 9.17) is 0 Å². The predicted molar refractivity (Wildman–Crippen MR) is 163 cm³/mol. The Morgan fingerprint density at radius 1 is 0.525 bits per heavy atom. The molecule has 0 bridgehead atoms. The maximum atomic E-state index is 11.5. The van der Waals surface area contributed by atoms with Crippen molar-refractivity contribution in [3.63, 3.8) is 0 Å². The highest BCUT2D eigenvalue weighted by molar-refractivity contribution is 5.70. The number of carboxylic acid groups (broad SMARTS) is 3. The Bertz CT molecular complexity index is 647. The zero-order valence-electron chi connectivity index (χ0n) is 26.2. The molecule has 0 aromatic carbocycles. The largest absolute Gasteiger partial charge is 0.481 e. The van der Waals surface area contributed by atoms with E-state index in [0.717, 1.165) is 19.4 Å². The Morgan fingerprint density at radius 3 is 1.20 bits per heavy atom. The smallest absolute Gasteiger partial charge is 0.306 e. The summed E-state index contributed by atoms with van der Waals surface area (Å²) in [6.45, 7) is 10.1. The summed E-state index contributed by atoms with van der Waals surface area (Å²) in [5, 5.41) is 28.3. The van der Waals surface area contributed by atoms with Gasteiger partial charge in [-0.25, -0.2) is 0 Å². The third-order valence-electron chi connectivity index (χ3n) is 8.52. The summed E-state index contributed by atoms with van der Waals surface area (Å²) in [6.07, 6.45) is 23.5. The van der Waals surface area contributed by atoms with Gasteiger partial charge in [-0.15, -0.1) is 0 Å². The molecule has 0 fully saturated rings. The van der Waals surface area contributed by atoms with Crippen LogP contribution in [0.15, 0.2) is 12.2 Å². The fourth-order valence-electron chi connectivity index (χ4n) is 5.14. The topological polar surface area (TPSA) is 112 Å². The highest BCUT2D eigenvalue weighted by Crippen LogP contribution is 2.22. The van der Waals surface area contributed by atoms with Crippen LogP contribution in [0, 0.1) is 17.8 Å².